The first-order valence-electron chi connectivity index (χ1n) is 6.39. The molecule has 0 amide bonds. The minimum absolute atomic E-state index is 0.185. The molecule has 1 unspecified atom stereocenters. The molecule has 0 N–H and O–H groups in total. The Labute approximate surface area is 117 Å². The van der Waals surface area contributed by atoms with E-state index < -0.39 is 0 Å². The number of hydrogen-bond acceptors (Lipinski definition) is 4. The highest BCUT2D eigenvalue weighted by molar-refractivity contribution is 6.31. The highest BCUT2D eigenvalue weighted by Crippen LogP contribution is 2.30. The van der Waals surface area contributed by atoms with Gasteiger partial charge in [0.2, 0.25) is 0 Å². The van der Waals surface area contributed by atoms with Gasteiger partial charge >= 0.3 is 0 Å². The van der Waals surface area contributed by atoms with Crippen molar-refractivity contribution >= 4 is 11.6 Å². The van der Waals surface area contributed by atoms with Crippen LogP contribution in [0.1, 0.15) is 29.9 Å². The summed E-state index contributed by atoms with van der Waals surface area (Å²) in [6.45, 7) is 3.98. The van der Waals surface area contributed by atoms with Crippen molar-refractivity contribution in [2.75, 3.05) is 6.54 Å². The number of aromatic nitrogens is 4. The summed E-state index contributed by atoms with van der Waals surface area (Å²) in [5.41, 5.74) is 2.59. The molecule has 0 bridgehead atoms. The summed E-state index contributed by atoms with van der Waals surface area (Å²) in [5.74, 6) is 0.885. The van der Waals surface area contributed by atoms with E-state index in [1.54, 1.807) is 4.68 Å². The molecule has 5 nitrogen and oxygen atoms in total. The van der Waals surface area contributed by atoms with E-state index in [0.29, 0.717) is 0 Å². The average Bonchev–Trinajstić information content (AvgIpc) is 2.84. The minimum atomic E-state index is 0.185. The largest absolute Gasteiger partial charge is 0.289 e. The molecule has 100 valence electrons. The molecule has 1 aliphatic rings. The first-order valence-corrected chi connectivity index (χ1v) is 6.77. The lowest BCUT2D eigenvalue weighted by Gasteiger charge is -2.33. The quantitative estimate of drug-likeness (QED) is 0.842. The monoisotopic (exact) mass is 277 g/mol. The molecule has 1 aromatic heterocycles. The first kappa shape index (κ1) is 12.6. The van der Waals surface area contributed by atoms with Crippen molar-refractivity contribution in [3.05, 3.63) is 40.2 Å². The van der Waals surface area contributed by atoms with Crippen LogP contribution in [0.3, 0.4) is 0 Å². The smallest absolute Gasteiger partial charge is 0.167 e. The molecule has 1 aromatic carbocycles. The Balaban J connectivity index is 1.86. The maximum Gasteiger partial charge on any atom is 0.167 e. The number of aryl methyl sites for hydroxylation is 1. The van der Waals surface area contributed by atoms with Crippen LogP contribution in [-0.2, 0) is 20.0 Å². The highest BCUT2D eigenvalue weighted by Gasteiger charge is 2.25. The van der Waals surface area contributed by atoms with Crippen LogP contribution in [0, 0.1) is 0 Å². The van der Waals surface area contributed by atoms with Crippen molar-refractivity contribution in [3.8, 4) is 0 Å². The summed E-state index contributed by atoms with van der Waals surface area (Å²) in [6, 6.07) is 6.32. The molecule has 0 spiro atoms. The molecule has 1 aliphatic heterocycles. The Morgan fingerprint density at radius 3 is 2.95 bits per heavy atom. The molecule has 19 heavy (non-hydrogen) atoms. The van der Waals surface area contributed by atoms with E-state index in [2.05, 4.69) is 33.4 Å². The van der Waals surface area contributed by atoms with Crippen LogP contribution in [0.25, 0.3) is 0 Å². The maximum absolute atomic E-state index is 6.30. The number of rotatable bonds is 2. The van der Waals surface area contributed by atoms with Gasteiger partial charge in [-0.25, -0.2) is 4.68 Å². The number of hydrogen-bond donors (Lipinski definition) is 0. The van der Waals surface area contributed by atoms with Crippen molar-refractivity contribution in [2.45, 2.75) is 25.9 Å². The van der Waals surface area contributed by atoms with Crippen molar-refractivity contribution in [1.82, 2.24) is 25.1 Å². The zero-order valence-corrected chi connectivity index (χ0v) is 11.8. The van der Waals surface area contributed by atoms with Gasteiger partial charge < -0.3 is 0 Å². The maximum atomic E-state index is 6.30. The van der Waals surface area contributed by atoms with Crippen LogP contribution < -0.4 is 0 Å². The van der Waals surface area contributed by atoms with E-state index in [9.17, 15) is 0 Å². The van der Waals surface area contributed by atoms with E-state index in [-0.39, 0.29) is 6.04 Å². The zero-order chi connectivity index (χ0) is 13.4. The molecule has 0 fully saturated rings. The SMILES string of the molecule is CC(c1nnnn1C)N1CCc2cccc(Cl)c2C1. The van der Waals surface area contributed by atoms with Crippen LogP contribution in [0.2, 0.25) is 5.02 Å². The van der Waals surface area contributed by atoms with Gasteiger partial charge in [-0.2, -0.15) is 0 Å². The van der Waals surface area contributed by atoms with Gasteiger partial charge in [0.15, 0.2) is 5.82 Å². The Hall–Kier alpha value is -1.46. The lowest BCUT2D eigenvalue weighted by atomic mass is 9.98. The van der Waals surface area contributed by atoms with Crippen molar-refractivity contribution < 1.29 is 0 Å². The van der Waals surface area contributed by atoms with Crippen molar-refractivity contribution in [2.24, 2.45) is 7.05 Å². The predicted octanol–water partition coefficient (Wildman–Crippen LogP) is 1.98. The Bertz CT molecular complexity index is 594. The van der Waals surface area contributed by atoms with Crippen LogP contribution in [0.4, 0.5) is 0 Å². The molecular weight excluding hydrogens is 262 g/mol. The second kappa shape index (κ2) is 4.90. The normalized spacial score (nSPS) is 17.2. The molecule has 0 saturated heterocycles. The van der Waals surface area contributed by atoms with E-state index in [4.69, 9.17) is 11.6 Å². The van der Waals surface area contributed by atoms with Gasteiger partial charge in [-0.3, -0.25) is 4.90 Å². The molecule has 2 heterocycles. The molecule has 0 radical (unpaired) electrons. The van der Waals surface area contributed by atoms with Gasteiger partial charge in [0.05, 0.1) is 6.04 Å². The van der Waals surface area contributed by atoms with Gasteiger partial charge in [0.25, 0.3) is 0 Å². The van der Waals surface area contributed by atoms with Gasteiger partial charge in [0, 0.05) is 25.2 Å². The number of fused-ring (bicyclic) bond motifs is 1. The summed E-state index contributed by atoms with van der Waals surface area (Å²) in [4.78, 5) is 2.36. The van der Waals surface area contributed by atoms with Crippen LogP contribution in [-0.4, -0.2) is 31.7 Å². The average molecular weight is 278 g/mol. The fourth-order valence-corrected chi connectivity index (χ4v) is 2.90. The minimum Gasteiger partial charge on any atom is -0.289 e. The van der Waals surface area contributed by atoms with E-state index in [1.807, 2.05) is 19.2 Å². The molecule has 0 aliphatic carbocycles. The Kier molecular flexibility index (Phi) is 3.24. The van der Waals surface area contributed by atoms with E-state index >= 15 is 0 Å². The number of tetrazole rings is 1. The van der Waals surface area contributed by atoms with E-state index in [1.165, 1.54) is 11.1 Å². The zero-order valence-electron chi connectivity index (χ0n) is 11.0. The third-order valence-electron chi connectivity index (χ3n) is 3.82. The van der Waals surface area contributed by atoms with E-state index in [0.717, 1.165) is 30.4 Å². The lowest BCUT2D eigenvalue weighted by molar-refractivity contribution is 0.181. The number of benzene rings is 1. The Morgan fingerprint density at radius 1 is 1.37 bits per heavy atom. The summed E-state index contributed by atoms with van der Waals surface area (Å²) in [5, 5.41) is 12.6. The molecule has 2 aromatic rings. The molecule has 6 heteroatoms. The third kappa shape index (κ3) is 2.24. The third-order valence-corrected chi connectivity index (χ3v) is 4.17. The lowest BCUT2D eigenvalue weighted by Crippen LogP contribution is -2.34. The van der Waals surface area contributed by atoms with Crippen LogP contribution >= 0.6 is 11.6 Å². The molecule has 0 saturated carbocycles. The van der Waals surface area contributed by atoms with Gasteiger partial charge in [-0.05, 0) is 41.0 Å². The molecule has 3 rings (SSSR count). The summed E-state index contributed by atoms with van der Waals surface area (Å²) >= 11 is 6.30. The van der Waals surface area contributed by atoms with Crippen LogP contribution in [0.5, 0.6) is 0 Å². The first-order chi connectivity index (χ1) is 9.16. The topological polar surface area (TPSA) is 46.8 Å². The number of halogens is 1. The van der Waals surface area contributed by atoms with Gasteiger partial charge in [0.1, 0.15) is 0 Å². The van der Waals surface area contributed by atoms with Gasteiger partial charge in [-0.1, -0.05) is 23.7 Å². The van der Waals surface area contributed by atoms with Crippen molar-refractivity contribution in [3.63, 3.8) is 0 Å². The standard InChI is InChI=1S/C13H16ClN5/c1-9(13-15-16-17-18(13)2)19-7-6-10-4-3-5-12(14)11(10)8-19/h3-5,9H,6-8H2,1-2H3. The highest BCUT2D eigenvalue weighted by atomic mass is 35.5. The summed E-state index contributed by atoms with van der Waals surface area (Å²) < 4.78 is 1.73. The fraction of sp³-hybridized carbons (Fsp3) is 0.462. The second-order valence-corrected chi connectivity index (χ2v) is 5.34. The molecular formula is C13H16ClN5. The second-order valence-electron chi connectivity index (χ2n) is 4.93. The summed E-state index contributed by atoms with van der Waals surface area (Å²) in [6.07, 6.45) is 1.02. The fourth-order valence-electron chi connectivity index (χ4n) is 2.64. The number of nitrogens with zero attached hydrogens (tertiary/aromatic N) is 5. The molecule has 1 atom stereocenters. The Morgan fingerprint density at radius 2 is 2.21 bits per heavy atom. The predicted molar refractivity (Wildman–Crippen MR) is 72.8 cm³/mol. The summed E-state index contributed by atoms with van der Waals surface area (Å²) in [7, 11) is 1.87. The van der Waals surface area contributed by atoms with Crippen molar-refractivity contribution in [1.29, 1.82) is 0 Å². The van der Waals surface area contributed by atoms with Crippen LogP contribution in [0.15, 0.2) is 18.2 Å². The van der Waals surface area contributed by atoms with Gasteiger partial charge in [-0.15, -0.1) is 5.10 Å².